The summed E-state index contributed by atoms with van der Waals surface area (Å²) in [6, 6.07) is 11.0. The van der Waals surface area contributed by atoms with Crippen molar-refractivity contribution < 1.29 is 29.3 Å². The third-order valence-corrected chi connectivity index (χ3v) is 4.57. The molecule has 0 aliphatic rings. The molecule has 0 aliphatic carbocycles. The Balaban J connectivity index is 1.96. The van der Waals surface area contributed by atoms with E-state index in [0.29, 0.717) is 31.1 Å². The molecule has 0 radical (unpaired) electrons. The summed E-state index contributed by atoms with van der Waals surface area (Å²) in [5, 5.41) is 17.6. The zero-order valence-corrected chi connectivity index (χ0v) is 19.3. The number of rotatable bonds is 12. The van der Waals surface area contributed by atoms with Crippen LogP contribution < -0.4 is 19.3 Å². The first kappa shape index (κ1) is 25.3. The average Bonchev–Trinajstić information content (AvgIpc) is 2.76. The van der Waals surface area contributed by atoms with Gasteiger partial charge in [0, 0.05) is 46.8 Å². The second kappa shape index (κ2) is 12.2. The zero-order valence-electron chi connectivity index (χ0n) is 19.3. The predicted octanol–water partition coefficient (Wildman–Crippen LogP) is 3.86. The first-order valence-corrected chi connectivity index (χ1v) is 10.4. The van der Waals surface area contributed by atoms with Gasteiger partial charge in [-0.3, -0.25) is 0 Å². The van der Waals surface area contributed by atoms with Gasteiger partial charge in [-0.2, -0.15) is 0 Å². The zero-order chi connectivity index (χ0) is 24.4. The Morgan fingerprint density at radius 3 is 1.48 bits per heavy atom. The Morgan fingerprint density at radius 1 is 0.758 bits per heavy atom. The maximum absolute atomic E-state index is 10.7. The van der Waals surface area contributed by atoms with Gasteiger partial charge in [0.15, 0.2) is 0 Å². The van der Waals surface area contributed by atoms with Crippen molar-refractivity contribution in [3.8, 4) is 11.5 Å². The SMILES string of the molecule is CN(C)c1cc(C=CC(=O)O)ccc1OCCCOc1ccc(C=CC(=O)O)cc1N(C)C. The van der Waals surface area contributed by atoms with Gasteiger partial charge in [0.1, 0.15) is 11.5 Å². The van der Waals surface area contributed by atoms with Crippen LogP contribution in [0.4, 0.5) is 11.4 Å². The molecular weight excluding hydrogens is 424 g/mol. The van der Waals surface area contributed by atoms with Crippen LogP contribution in [0.25, 0.3) is 12.2 Å². The standard InChI is InChI=1S/C25H30N2O6/c1-26(2)20-16-18(8-12-24(28)29)6-10-22(20)32-14-5-15-33-23-11-7-19(9-13-25(30)31)17-21(23)27(3)4/h6-13,16-17H,5,14-15H2,1-4H3,(H,28,29)(H,30,31). The molecule has 0 amide bonds. The highest BCUT2D eigenvalue weighted by Gasteiger charge is 2.09. The summed E-state index contributed by atoms with van der Waals surface area (Å²) in [7, 11) is 7.59. The van der Waals surface area contributed by atoms with E-state index in [2.05, 4.69) is 0 Å². The molecule has 0 atom stereocenters. The molecular formula is C25H30N2O6. The number of ether oxygens (including phenoxy) is 2. The number of nitrogens with zero attached hydrogens (tertiary/aromatic N) is 2. The highest BCUT2D eigenvalue weighted by molar-refractivity contribution is 5.86. The van der Waals surface area contributed by atoms with Crippen LogP contribution in [0.2, 0.25) is 0 Å². The van der Waals surface area contributed by atoms with Crippen LogP contribution in [-0.4, -0.2) is 63.6 Å². The van der Waals surface area contributed by atoms with Crippen LogP contribution in [0.3, 0.4) is 0 Å². The van der Waals surface area contributed by atoms with Gasteiger partial charge in [0.25, 0.3) is 0 Å². The molecule has 0 spiro atoms. The lowest BCUT2D eigenvalue weighted by Gasteiger charge is -2.20. The van der Waals surface area contributed by atoms with Crippen molar-refractivity contribution in [1.82, 2.24) is 0 Å². The molecule has 2 N–H and O–H groups in total. The molecule has 8 heteroatoms. The van der Waals surface area contributed by atoms with Crippen molar-refractivity contribution in [3.05, 3.63) is 59.7 Å². The molecule has 0 saturated carbocycles. The Hall–Kier alpha value is -3.94. The summed E-state index contributed by atoms with van der Waals surface area (Å²) in [5.74, 6) is -0.580. The second-order valence-corrected chi connectivity index (χ2v) is 7.64. The summed E-state index contributed by atoms with van der Waals surface area (Å²) < 4.78 is 11.9. The van der Waals surface area contributed by atoms with Gasteiger partial charge in [0.2, 0.25) is 0 Å². The molecule has 0 saturated heterocycles. The number of carbonyl (C=O) groups is 2. The minimum Gasteiger partial charge on any atom is -0.491 e. The van der Waals surface area contributed by atoms with E-state index in [1.54, 1.807) is 0 Å². The van der Waals surface area contributed by atoms with E-state index in [1.165, 1.54) is 12.2 Å². The monoisotopic (exact) mass is 454 g/mol. The van der Waals surface area contributed by atoms with Crippen LogP contribution in [0, 0.1) is 0 Å². The molecule has 0 bridgehead atoms. The van der Waals surface area contributed by atoms with Crippen molar-refractivity contribution in [3.63, 3.8) is 0 Å². The van der Waals surface area contributed by atoms with E-state index < -0.39 is 11.9 Å². The first-order chi connectivity index (χ1) is 15.7. The topological polar surface area (TPSA) is 99.5 Å². The maximum Gasteiger partial charge on any atom is 0.328 e. The van der Waals surface area contributed by atoms with E-state index in [-0.39, 0.29) is 0 Å². The van der Waals surface area contributed by atoms with E-state index >= 15 is 0 Å². The lowest BCUT2D eigenvalue weighted by Crippen LogP contribution is -2.13. The predicted molar refractivity (Wildman–Crippen MR) is 130 cm³/mol. The van der Waals surface area contributed by atoms with Gasteiger partial charge in [-0.1, -0.05) is 12.1 Å². The van der Waals surface area contributed by atoms with Gasteiger partial charge < -0.3 is 29.5 Å². The van der Waals surface area contributed by atoms with Gasteiger partial charge in [-0.05, 0) is 47.5 Å². The van der Waals surface area contributed by atoms with Crippen LogP contribution in [0.15, 0.2) is 48.6 Å². The summed E-state index contributed by atoms with van der Waals surface area (Å²) >= 11 is 0. The second-order valence-electron chi connectivity index (χ2n) is 7.64. The van der Waals surface area contributed by atoms with Gasteiger partial charge in [-0.15, -0.1) is 0 Å². The number of benzene rings is 2. The lowest BCUT2D eigenvalue weighted by molar-refractivity contribution is -0.132. The van der Waals surface area contributed by atoms with E-state index in [9.17, 15) is 9.59 Å². The number of hydrogen-bond donors (Lipinski definition) is 2. The third kappa shape index (κ3) is 8.25. The molecule has 8 nitrogen and oxygen atoms in total. The molecule has 176 valence electrons. The molecule has 0 fully saturated rings. The fraction of sp³-hybridized carbons (Fsp3) is 0.280. The maximum atomic E-state index is 10.7. The number of hydrogen-bond acceptors (Lipinski definition) is 6. The van der Waals surface area contributed by atoms with Crippen molar-refractivity contribution in [1.29, 1.82) is 0 Å². The number of carboxylic acids is 2. The fourth-order valence-corrected chi connectivity index (χ4v) is 2.98. The van der Waals surface area contributed by atoms with Gasteiger partial charge in [-0.25, -0.2) is 9.59 Å². The molecule has 2 aromatic rings. The van der Waals surface area contributed by atoms with Crippen LogP contribution in [0.1, 0.15) is 17.5 Å². The minimum absolute atomic E-state index is 0.446. The van der Waals surface area contributed by atoms with E-state index in [1.807, 2.05) is 74.4 Å². The van der Waals surface area contributed by atoms with Crippen LogP contribution in [-0.2, 0) is 9.59 Å². The van der Waals surface area contributed by atoms with Gasteiger partial charge >= 0.3 is 11.9 Å². The highest BCUT2D eigenvalue weighted by atomic mass is 16.5. The number of aliphatic carboxylic acids is 2. The quantitative estimate of drug-likeness (QED) is 0.368. The summed E-state index contributed by atoms with van der Waals surface area (Å²) in [4.78, 5) is 25.3. The van der Waals surface area contributed by atoms with Crippen molar-refractivity contribution in [2.75, 3.05) is 51.2 Å². The number of carboxylic acid groups (broad SMARTS) is 2. The smallest absolute Gasteiger partial charge is 0.328 e. The molecule has 0 unspecified atom stereocenters. The number of anilines is 2. The third-order valence-electron chi connectivity index (χ3n) is 4.57. The summed E-state index contributed by atoms with van der Waals surface area (Å²) in [5.41, 5.74) is 3.25. The van der Waals surface area contributed by atoms with Crippen LogP contribution in [0.5, 0.6) is 11.5 Å². The van der Waals surface area contributed by atoms with Crippen molar-refractivity contribution in [2.45, 2.75) is 6.42 Å². The Bertz CT molecular complexity index is 946. The Morgan fingerprint density at radius 2 is 1.15 bits per heavy atom. The first-order valence-electron chi connectivity index (χ1n) is 10.4. The highest BCUT2D eigenvalue weighted by Crippen LogP contribution is 2.30. The Kier molecular flexibility index (Phi) is 9.35. The average molecular weight is 455 g/mol. The molecule has 0 aromatic heterocycles. The van der Waals surface area contributed by atoms with E-state index in [0.717, 1.165) is 34.7 Å². The lowest BCUT2D eigenvalue weighted by atomic mass is 10.1. The normalized spacial score (nSPS) is 11.0. The molecule has 2 rings (SSSR count). The van der Waals surface area contributed by atoms with Crippen LogP contribution >= 0.6 is 0 Å². The van der Waals surface area contributed by atoms with Gasteiger partial charge in [0.05, 0.1) is 24.6 Å². The molecule has 0 aliphatic heterocycles. The van der Waals surface area contributed by atoms with Crippen molar-refractivity contribution >= 4 is 35.5 Å². The summed E-state index contributed by atoms with van der Waals surface area (Å²) in [6.07, 6.45) is 5.93. The van der Waals surface area contributed by atoms with Crippen molar-refractivity contribution in [2.24, 2.45) is 0 Å². The molecule has 0 heterocycles. The Labute approximate surface area is 194 Å². The van der Waals surface area contributed by atoms with E-state index in [4.69, 9.17) is 19.7 Å². The fourth-order valence-electron chi connectivity index (χ4n) is 2.98. The molecule has 2 aromatic carbocycles. The molecule has 33 heavy (non-hydrogen) atoms. The summed E-state index contributed by atoms with van der Waals surface area (Å²) in [6.45, 7) is 0.893. The largest absolute Gasteiger partial charge is 0.491 e. The minimum atomic E-state index is -0.995.